The number of rotatable bonds is 6. The highest BCUT2D eigenvalue weighted by molar-refractivity contribution is 6.31. The first-order valence-corrected chi connectivity index (χ1v) is 8.38. The molecule has 0 radical (unpaired) electrons. The highest BCUT2D eigenvalue weighted by Gasteiger charge is 2.46. The molecule has 1 aliphatic rings. The molecule has 1 aromatic carbocycles. The molecule has 1 aliphatic carbocycles. The Bertz CT molecular complexity index is 757. The smallest absolute Gasteiger partial charge is 0.226 e. The van der Waals surface area contributed by atoms with Crippen molar-refractivity contribution in [2.24, 2.45) is 5.92 Å². The zero-order chi connectivity index (χ0) is 16.9. The first-order chi connectivity index (χ1) is 11.7. The van der Waals surface area contributed by atoms with E-state index in [0.29, 0.717) is 24.5 Å². The SMILES string of the molecule is N#CCCN(Cc1ccccn1)C(=O)[C@H]1C[C@H]1c1ccccc1Cl. The van der Waals surface area contributed by atoms with Crippen molar-refractivity contribution in [3.8, 4) is 6.07 Å². The van der Waals surface area contributed by atoms with E-state index in [1.54, 1.807) is 11.1 Å². The summed E-state index contributed by atoms with van der Waals surface area (Å²) in [6.07, 6.45) is 2.85. The van der Waals surface area contributed by atoms with Crippen LogP contribution < -0.4 is 0 Å². The molecular weight excluding hydrogens is 322 g/mol. The van der Waals surface area contributed by atoms with E-state index in [4.69, 9.17) is 16.9 Å². The summed E-state index contributed by atoms with van der Waals surface area (Å²) in [6, 6.07) is 15.4. The lowest BCUT2D eigenvalue weighted by molar-refractivity contribution is -0.133. The Morgan fingerprint density at radius 1 is 1.29 bits per heavy atom. The summed E-state index contributed by atoms with van der Waals surface area (Å²) in [4.78, 5) is 18.9. The molecule has 0 unspecified atom stereocenters. The molecule has 122 valence electrons. The summed E-state index contributed by atoms with van der Waals surface area (Å²) in [5, 5.41) is 9.58. The van der Waals surface area contributed by atoms with Crippen LogP contribution in [0.25, 0.3) is 0 Å². The Hall–Kier alpha value is -2.38. The van der Waals surface area contributed by atoms with E-state index >= 15 is 0 Å². The molecule has 0 bridgehead atoms. The predicted molar refractivity (Wildman–Crippen MR) is 92.2 cm³/mol. The highest BCUT2D eigenvalue weighted by atomic mass is 35.5. The summed E-state index contributed by atoms with van der Waals surface area (Å²) in [7, 11) is 0. The third-order valence-corrected chi connectivity index (χ3v) is 4.64. The van der Waals surface area contributed by atoms with Crippen molar-refractivity contribution in [3.05, 3.63) is 64.9 Å². The van der Waals surface area contributed by atoms with Crippen molar-refractivity contribution in [2.75, 3.05) is 6.54 Å². The van der Waals surface area contributed by atoms with Gasteiger partial charge < -0.3 is 4.90 Å². The standard InChI is InChI=1S/C19H18ClN3O/c20-18-8-2-1-7-15(18)16-12-17(16)19(24)23(11-5-9-21)13-14-6-3-4-10-22-14/h1-4,6-8,10,16-17H,5,11-13H2/t16-,17-/m0/s1. The highest BCUT2D eigenvalue weighted by Crippen LogP contribution is 2.50. The Morgan fingerprint density at radius 3 is 2.79 bits per heavy atom. The maximum atomic E-state index is 12.9. The second-order valence-electron chi connectivity index (χ2n) is 5.96. The summed E-state index contributed by atoms with van der Waals surface area (Å²) < 4.78 is 0. The number of halogens is 1. The Morgan fingerprint density at radius 2 is 2.08 bits per heavy atom. The van der Waals surface area contributed by atoms with Gasteiger partial charge in [-0.1, -0.05) is 35.9 Å². The summed E-state index contributed by atoms with van der Waals surface area (Å²) >= 11 is 6.24. The molecule has 3 rings (SSSR count). The Labute approximate surface area is 146 Å². The van der Waals surface area contributed by atoms with Crippen molar-refractivity contribution in [3.63, 3.8) is 0 Å². The van der Waals surface area contributed by atoms with E-state index in [-0.39, 0.29) is 17.7 Å². The van der Waals surface area contributed by atoms with E-state index in [9.17, 15) is 4.79 Å². The van der Waals surface area contributed by atoms with Gasteiger partial charge in [0.05, 0.1) is 24.7 Å². The molecule has 0 spiro atoms. The molecule has 2 atom stereocenters. The lowest BCUT2D eigenvalue weighted by Gasteiger charge is -2.21. The Kier molecular flexibility index (Phi) is 5.12. The van der Waals surface area contributed by atoms with E-state index in [0.717, 1.165) is 17.7 Å². The minimum absolute atomic E-state index is 0.0488. The number of amides is 1. The third-order valence-electron chi connectivity index (χ3n) is 4.30. The van der Waals surface area contributed by atoms with Crippen LogP contribution in [-0.2, 0) is 11.3 Å². The van der Waals surface area contributed by atoms with Crippen LogP contribution in [0.15, 0.2) is 48.7 Å². The molecule has 0 saturated heterocycles. The average Bonchev–Trinajstić information content (AvgIpc) is 3.40. The molecule has 1 amide bonds. The number of carbonyl (C=O) groups excluding carboxylic acids is 1. The second kappa shape index (κ2) is 7.46. The molecule has 0 N–H and O–H groups in total. The van der Waals surface area contributed by atoms with Crippen molar-refractivity contribution >= 4 is 17.5 Å². The van der Waals surface area contributed by atoms with E-state index in [2.05, 4.69) is 11.1 Å². The molecule has 24 heavy (non-hydrogen) atoms. The maximum absolute atomic E-state index is 12.9. The number of nitriles is 1. The fraction of sp³-hybridized carbons (Fsp3) is 0.316. The number of carbonyl (C=O) groups is 1. The first-order valence-electron chi connectivity index (χ1n) is 8.00. The van der Waals surface area contributed by atoms with Crippen LogP contribution in [0.1, 0.15) is 30.0 Å². The predicted octanol–water partition coefficient (Wildman–Crippen LogP) is 3.78. The molecule has 4 nitrogen and oxygen atoms in total. The zero-order valence-electron chi connectivity index (χ0n) is 13.2. The normalized spacial score (nSPS) is 18.7. The van der Waals surface area contributed by atoms with Gasteiger partial charge in [0.15, 0.2) is 0 Å². The number of nitrogens with zero attached hydrogens (tertiary/aromatic N) is 3. The lowest BCUT2D eigenvalue weighted by Crippen LogP contribution is -2.33. The van der Waals surface area contributed by atoms with Gasteiger partial charge in [-0.25, -0.2) is 0 Å². The molecular formula is C19H18ClN3O. The van der Waals surface area contributed by atoms with Crippen molar-refractivity contribution in [1.29, 1.82) is 5.26 Å². The Balaban J connectivity index is 1.71. The molecule has 1 heterocycles. The van der Waals surface area contributed by atoms with Gasteiger partial charge in [-0.2, -0.15) is 5.26 Å². The van der Waals surface area contributed by atoms with Gasteiger partial charge in [0, 0.05) is 23.7 Å². The number of pyridine rings is 1. The van der Waals surface area contributed by atoms with Crippen molar-refractivity contribution < 1.29 is 4.79 Å². The maximum Gasteiger partial charge on any atom is 0.226 e. The first kappa shape index (κ1) is 16.5. The monoisotopic (exact) mass is 339 g/mol. The summed E-state index contributed by atoms with van der Waals surface area (Å²) in [6.45, 7) is 0.866. The van der Waals surface area contributed by atoms with Gasteiger partial charge in [-0.05, 0) is 36.1 Å². The molecule has 1 aromatic heterocycles. The molecule has 5 heteroatoms. The number of aromatic nitrogens is 1. The topological polar surface area (TPSA) is 57.0 Å². The van der Waals surface area contributed by atoms with E-state index in [1.807, 2.05) is 42.5 Å². The number of benzene rings is 1. The van der Waals surface area contributed by atoms with Gasteiger partial charge in [0.25, 0.3) is 0 Å². The van der Waals surface area contributed by atoms with E-state index in [1.165, 1.54) is 0 Å². The number of hydrogen-bond acceptors (Lipinski definition) is 3. The van der Waals surface area contributed by atoms with E-state index < -0.39 is 0 Å². The van der Waals surface area contributed by atoms with Crippen molar-refractivity contribution in [2.45, 2.75) is 25.3 Å². The van der Waals surface area contributed by atoms with Gasteiger partial charge in [0.2, 0.25) is 5.91 Å². The van der Waals surface area contributed by atoms with Crippen LogP contribution in [-0.4, -0.2) is 22.3 Å². The molecule has 1 fully saturated rings. The van der Waals surface area contributed by atoms with Gasteiger partial charge in [-0.3, -0.25) is 9.78 Å². The minimum atomic E-state index is -0.0488. The fourth-order valence-corrected chi connectivity index (χ4v) is 3.24. The van der Waals surface area contributed by atoms with Crippen LogP contribution in [0.5, 0.6) is 0 Å². The van der Waals surface area contributed by atoms with Crippen LogP contribution in [0.2, 0.25) is 5.02 Å². The average molecular weight is 340 g/mol. The minimum Gasteiger partial charge on any atom is -0.336 e. The van der Waals surface area contributed by atoms with Crippen LogP contribution in [0, 0.1) is 17.2 Å². The third kappa shape index (κ3) is 3.74. The van der Waals surface area contributed by atoms with Gasteiger partial charge in [0.1, 0.15) is 0 Å². The van der Waals surface area contributed by atoms with Gasteiger partial charge in [-0.15, -0.1) is 0 Å². The summed E-state index contributed by atoms with van der Waals surface area (Å²) in [5.41, 5.74) is 1.87. The molecule has 1 saturated carbocycles. The second-order valence-corrected chi connectivity index (χ2v) is 6.37. The van der Waals surface area contributed by atoms with Crippen LogP contribution in [0.4, 0.5) is 0 Å². The van der Waals surface area contributed by atoms with Crippen LogP contribution >= 0.6 is 11.6 Å². The van der Waals surface area contributed by atoms with Gasteiger partial charge >= 0.3 is 0 Å². The molecule has 0 aliphatic heterocycles. The van der Waals surface area contributed by atoms with Crippen LogP contribution in [0.3, 0.4) is 0 Å². The number of hydrogen-bond donors (Lipinski definition) is 0. The molecule has 2 aromatic rings. The lowest BCUT2D eigenvalue weighted by atomic mass is 10.1. The fourth-order valence-electron chi connectivity index (χ4n) is 2.96. The summed E-state index contributed by atoms with van der Waals surface area (Å²) in [5.74, 6) is 0.215. The quantitative estimate of drug-likeness (QED) is 0.804. The zero-order valence-corrected chi connectivity index (χ0v) is 14.0. The van der Waals surface area contributed by atoms with Crippen molar-refractivity contribution in [1.82, 2.24) is 9.88 Å². The largest absolute Gasteiger partial charge is 0.336 e.